The summed E-state index contributed by atoms with van der Waals surface area (Å²) in [5.74, 6) is 2.25. The lowest BCUT2D eigenvalue weighted by molar-refractivity contribution is -0.118. The van der Waals surface area contributed by atoms with Gasteiger partial charge in [-0.3, -0.25) is 9.59 Å². The van der Waals surface area contributed by atoms with E-state index in [0.717, 1.165) is 19.9 Å². The highest BCUT2D eigenvalue weighted by Gasteiger charge is 2.55. The van der Waals surface area contributed by atoms with Gasteiger partial charge in [0.2, 0.25) is 0 Å². The largest absolute Gasteiger partial charge is 0.483 e. The van der Waals surface area contributed by atoms with Crippen LogP contribution in [0.3, 0.4) is 0 Å². The van der Waals surface area contributed by atoms with E-state index in [-0.39, 0.29) is 23.3 Å². The minimum atomic E-state index is -0.291. The van der Waals surface area contributed by atoms with E-state index in [4.69, 9.17) is 27.9 Å². The first-order valence-electron chi connectivity index (χ1n) is 11.4. The molecule has 1 amide bonds. The molecule has 2 fully saturated rings. The van der Waals surface area contributed by atoms with Crippen LogP contribution in [-0.2, 0) is 4.79 Å². The van der Waals surface area contributed by atoms with Crippen molar-refractivity contribution in [2.24, 2.45) is 17.8 Å². The van der Waals surface area contributed by atoms with E-state index in [9.17, 15) is 9.59 Å². The molecule has 2 aliphatic carbocycles. The molecule has 182 valence electrons. The van der Waals surface area contributed by atoms with Crippen LogP contribution >= 0.6 is 62.2 Å². The molecule has 2 heterocycles. The smallest absolute Gasteiger partial charge is 0.305 e. The van der Waals surface area contributed by atoms with Gasteiger partial charge in [0.25, 0.3) is 5.91 Å². The van der Waals surface area contributed by atoms with Gasteiger partial charge in [-0.2, -0.15) is 0 Å². The number of aromatic nitrogens is 1. The number of thioether (sulfide) groups is 1. The van der Waals surface area contributed by atoms with Crippen molar-refractivity contribution in [1.82, 2.24) is 4.98 Å². The van der Waals surface area contributed by atoms with Crippen LogP contribution in [0, 0.1) is 17.8 Å². The van der Waals surface area contributed by atoms with E-state index >= 15 is 0 Å². The molecule has 2 aromatic carbocycles. The molecule has 6 rings (SSSR count). The van der Waals surface area contributed by atoms with E-state index in [0.29, 0.717) is 44.5 Å². The Morgan fingerprint density at radius 2 is 1.97 bits per heavy atom. The van der Waals surface area contributed by atoms with Crippen LogP contribution in [0.5, 0.6) is 5.75 Å². The van der Waals surface area contributed by atoms with Gasteiger partial charge in [0.15, 0.2) is 6.61 Å². The highest BCUT2D eigenvalue weighted by Crippen LogP contribution is 2.64. The number of H-pyrrole nitrogens is 1. The number of carbonyl (C=O) groups excluding carboxylic acids is 1. The second kappa shape index (κ2) is 9.45. The number of hydrogen-bond donors (Lipinski definition) is 2. The van der Waals surface area contributed by atoms with Crippen LogP contribution in [0.1, 0.15) is 35.6 Å². The van der Waals surface area contributed by atoms with E-state index < -0.39 is 0 Å². The zero-order valence-corrected chi connectivity index (χ0v) is 23.1. The van der Waals surface area contributed by atoms with Gasteiger partial charge in [-0.1, -0.05) is 50.5 Å². The molecule has 5 nitrogen and oxygen atoms in total. The lowest BCUT2D eigenvalue weighted by Gasteiger charge is -2.40. The third kappa shape index (κ3) is 4.46. The van der Waals surface area contributed by atoms with Crippen molar-refractivity contribution in [2.75, 3.05) is 11.9 Å². The summed E-state index contributed by atoms with van der Waals surface area (Å²) < 4.78 is 7.05. The summed E-state index contributed by atoms with van der Waals surface area (Å²) in [5.41, 5.74) is 1.58. The Kier molecular flexibility index (Phi) is 6.46. The highest BCUT2D eigenvalue weighted by atomic mass is 79.9. The van der Waals surface area contributed by atoms with Gasteiger partial charge in [0, 0.05) is 31.8 Å². The first kappa shape index (κ1) is 23.9. The second-order valence-corrected chi connectivity index (χ2v) is 13.3. The lowest BCUT2D eigenvalue weighted by atomic mass is 9.74. The summed E-state index contributed by atoms with van der Waals surface area (Å²) >= 11 is 18.8. The van der Waals surface area contributed by atoms with Crippen molar-refractivity contribution in [2.45, 2.75) is 35.5 Å². The number of nitrogens with one attached hydrogen (secondary N) is 2. The molecule has 2 bridgehead atoms. The number of aromatic amines is 1. The molecule has 10 heteroatoms. The maximum atomic E-state index is 12.7. The molecular weight excluding hydrogens is 591 g/mol. The first-order chi connectivity index (χ1) is 16.9. The number of thiazole rings is 1. The zero-order chi connectivity index (χ0) is 24.3. The molecular formula is C25H21BrCl2N2O3S2. The SMILES string of the molecule is O=C(COc1ccc(Br)cc1[C@H]1c2sc(=O)[nH]c2SC2C3CCC(C3)C21)Nc1ccc(Cl)c(Cl)c1. The minimum absolute atomic E-state index is 0.0155. The van der Waals surface area contributed by atoms with Crippen molar-refractivity contribution in [3.63, 3.8) is 0 Å². The van der Waals surface area contributed by atoms with E-state index in [2.05, 4.69) is 32.3 Å². The average Bonchev–Trinajstić information content (AvgIpc) is 3.53. The van der Waals surface area contributed by atoms with Gasteiger partial charge >= 0.3 is 4.87 Å². The summed E-state index contributed by atoms with van der Waals surface area (Å²) in [6.07, 6.45) is 3.77. The number of fused-ring (bicyclic) bond motifs is 6. The number of carbonyl (C=O) groups is 1. The second-order valence-electron chi connectivity index (χ2n) is 9.33. The zero-order valence-electron chi connectivity index (χ0n) is 18.4. The van der Waals surface area contributed by atoms with Crippen molar-refractivity contribution >= 4 is 73.8 Å². The van der Waals surface area contributed by atoms with E-state index in [1.165, 1.54) is 30.6 Å². The number of anilines is 1. The molecule has 5 atom stereocenters. The van der Waals surface area contributed by atoms with Crippen molar-refractivity contribution in [3.05, 3.63) is 71.0 Å². The number of amides is 1. The molecule has 2 N–H and O–H groups in total. The Morgan fingerprint density at radius 3 is 2.80 bits per heavy atom. The summed E-state index contributed by atoms with van der Waals surface area (Å²) in [5, 5.41) is 5.11. The van der Waals surface area contributed by atoms with Crippen molar-refractivity contribution in [3.8, 4) is 5.75 Å². The number of rotatable bonds is 5. The number of hydrogen-bond acceptors (Lipinski definition) is 5. The molecule has 3 aromatic rings. The van der Waals surface area contributed by atoms with Crippen LogP contribution in [-0.4, -0.2) is 22.7 Å². The van der Waals surface area contributed by atoms with Gasteiger partial charge in [-0.25, -0.2) is 0 Å². The fraction of sp³-hybridized carbons (Fsp3) is 0.360. The fourth-order valence-electron chi connectivity index (χ4n) is 6.01. The third-order valence-corrected chi connectivity index (χ3v) is 11.2. The predicted octanol–water partition coefficient (Wildman–Crippen LogP) is 7.18. The van der Waals surface area contributed by atoms with Gasteiger partial charge in [0.1, 0.15) is 5.75 Å². The fourth-order valence-corrected chi connectivity index (χ4v) is 9.57. The molecule has 0 saturated heterocycles. The summed E-state index contributed by atoms with van der Waals surface area (Å²) in [4.78, 5) is 29.2. The summed E-state index contributed by atoms with van der Waals surface area (Å²) in [6, 6.07) is 10.9. The molecule has 0 spiro atoms. The van der Waals surface area contributed by atoms with Crippen LogP contribution in [0.15, 0.2) is 50.7 Å². The Labute approximate surface area is 229 Å². The number of halogens is 3. The number of benzene rings is 2. The molecule has 0 radical (unpaired) electrons. The van der Waals surface area contributed by atoms with Gasteiger partial charge in [0.05, 0.1) is 15.1 Å². The predicted molar refractivity (Wildman–Crippen MR) is 145 cm³/mol. The van der Waals surface area contributed by atoms with Gasteiger partial charge in [-0.05, 0) is 73.4 Å². The van der Waals surface area contributed by atoms with Gasteiger partial charge < -0.3 is 15.0 Å². The highest BCUT2D eigenvalue weighted by molar-refractivity contribution is 9.10. The van der Waals surface area contributed by atoms with Crippen LogP contribution in [0.4, 0.5) is 5.69 Å². The molecule has 2 saturated carbocycles. The van der Waals surface area contributed by atoms with Crippen molar-refractivity contribution < 1.29 is 9.53 Å². The maximum Gasteiger partial charge on any atom is 0.305 e. The Hall–Kier alpha value is -1.45. The molecule has 3 aliphatic rings. The molecule has 35 heavy (non-hydrogen) atoms. The Bertz CT molecular complexity index is 1380. The van der Waals surface area contributed by atoms with E-state index in [1.807, 2.05) is 23.9 Å². The lowest BCUT2D eigenvalue weighted by Crippen LogP contribution is -2.34. The Morgan fingerprint density at radius 1 is 1.14 bits per heavy atom. The van der Waals surface area contributed by atoms with E-state index in [1.54, 1.807) is 18.2 Å². The standard InChI is InChI=1S/C25H21BrCl2N2O3S2/c26-13-3-6-18(33-10-19(31)29-14-4-5-16(27)17(28)9-14)15(8-13)21-20-11-1-2-12(7-11)22(20)34-24-23(21)35-25(32)30-24/h3-6,8-9,11-12,20-22H,1-2,7,10H2,(H,29,31)(H,30,32)/t11?,12?,20?,21-,22?/m1/s1. The number of ether oxygens (including phenoxy) is 1. The third-order valence-electron chi connectivity index (χ3n) is 7.33. The first-order valence-corrected chi connectivity index (χ1v) is 14.7. The quantitative estimate of drug-likeness (QED) is 0.321. The van der Waals surface area contributed by atoms with Crippen molar-refractivity contribution in [1.29, 1.82) is 0 Å². The van der Waals surface area contributed by atoms with Crippen LogP contribution < -0.4 is 14.9 Å². The van der Waals surface area contributed by atoms with Gasteiger partial charge in [-0.15, -0.1) is 11.8 Å². The Balaban J connectivity index is 1.30. The average molecular weight is 612 g/mol. The topological polar surface area (TPSA) is 71.2 Å². The maximum absolute atomic E-state index is 12.7. The summed E-state index contributed by atoms with van der Waals surface area (Å²) in [6.45, 7) is -0.146. The van der Waals surface area contributed by atoms with Crippen LogP contribution in [0.2, 0.25) is 10.0 Å². The summed E-state index contributed by atoms with van der Waals surface area (Å²) in [7, 11) is 0. The van der Waals surface area contributed by atoms with Crippen LogP contribution in [0.25, 0.3) is 0 Å². The molecule has 1 aliphatic heterocycles. The molecule has 1 aromatic heterocycles. The monoisotopic (exact) mass is 610 g/mol. The molecule has 4 unspecified atom stereocenters. The minimum Gasteiger partial charge on any atom is -0.483 e. The normalized spacial score (nSPS) is 26.3.